The molecule has 0 saturated heterocycles. The van der Waals surface area contributed by atoms with E-state index in [2.05, 4.69) is 35.4 Å². The smallest absolute Gasteiger partial charge is 0.377 e. The zero-order chi connectivity index (χ0) is 29.4. The number of sulfonamides is 1. The van der Waals surface area contributed by atoms with Gasteiger partial charge in [-0.3, -0.25) is 4.99 Å². The number of aromatic nitrogens is 4. The number of hydrogen-bond acceptors (Lipinski definition) is 8. The Kier molecular flexibility index (Phi) is 7.27. The number of H-pyrrole nitrogens is 1. The molecule has 1 aliphatic heterocycles. The van der Waals surface area contributed by atoms with Crippen molar-refractivity contribution in [1.82, 2.24) is 30.4 Å². The molecule has 11 nitrogen and oxygen atoms in total. The van der Waals surface area contributed by atoms with Crippen LogP contribution in [-0.4, -0.2) is 64.4 Å². The van der Waals surface area contributed by atoms with Crippen LogP contribution < -0.4 is 4.72 Å². The second kappa shape index (κ2) is 10.6. The number of hydrogen-bond donors (Lipinski definition) is 3. The van der Waals surface area contributed by atoms with Crippen LogP contribution in [0.1, 0.15) is 16.7 Å². The SMILES string of the molecule is CN=C(NS(=O)(=O)c1ccc(Cl)c(C(F)(F)F)c1)N1CC(O)(c2ccccc2)C(c2ccc(-c3nn[nH]n3)cc2)=N1. The highest BCUT2D eigenvalue weighted by atomic mass is 35.5. The summed E-state index contributed by atoms with van der Waals surface area (Å²) in [5, 5.41) is 30.7. The fraction of sp³-hybridized carbons (Fsp3) is 0.160. The number of halogens is 4. The molecule has 0 spiro atoms. The van der Waals surface area contributed by atoms with Crippen molar-refractivity contribution in [1.29, 1.82) is 0 Å². The number of aliphatic imine (C=N–C) groups is 1. The Morgan fingerprint density at radius 2 is 1.78 bits per heavy atom. The molecule has 1 atom stereocenters. The summed E-state index contributed by atoms with van der Waals surface area (Å²) in [6.45, 7) is -0.261. The van der Waals surface area contributed by atoms with Crippen LogP contribution in [0.25, 0.3) is 11.4 Å². The molecular weight excluding hydrogens is 585 g/mol. The van der Waals surface area contributed by atoms with E-state index in [1.165, 1.54) is 7.05 Å². The first-order valence-corrected chi connectivity index (χ1v) is 13.6. The van der Waals surface area contributed by atoms with E-state index in [0.717, 1.165) is 17.1 Å². The van der Waals surface area contributed by atoms with Gasteiger partial charge in [0.1, 0.15) is 5.71 Å². The van der Waals surface area contributed by atoms with Crippen LogP contribution in [0.5, 0.6) is 0 Å². The summed E-state index contributed by atoms with van der Waals surface area (Å²) in [6.07, 6.45) is -4.87. The fourth-order valence-electron chi connectivity index (χ4n) is 4.23. The van der Waals surface area contributed by atoms with E-state index in [4.69, 9.17) is 11.6 Å². The van der Waals surface area contributed by atoms with Gasteiger partial charge in [0.15, 0.2) is 5.60 Å². The lowest BCUT2D eigenvalue weighted by molar-refractivity contribution is -0.137. The van der Waals surface area contributed by atoms with Gasteiger partial charge >= 0.3 is 6.18 Å². The van der Waals surface area contributed by atoms with Crippen molar-refractivity contribution < 1.29 is 26.7 Å². The summed E-state index contributed by atoms with van der Waals surface area (Å²) in [4.78, 5) is 3.28. The molecule has 5 rings (SSSR count). The number of tetrazole rings is 1. The quantitative estimate of drug-likeness (QED) is 0.233. The fourth-order valence-corrected chi connectivity index (χ4v) is 5.53. The largest absolute Gasteiger partial charge is 0.417 e. The minimum absolute atomic E-state index is 0.176. The number of aromatic amines is 1. The van der Waals surface area contributed by atoms with E-state index in [0.29, 0.717) is 28.6 Å². The van der Waals surface area contributed by atoms with Gasteiger partial charge in [0.25, 0.3) is 10.0 Å². The summed E-state index contributed by atoms with van der Waals surface area (Å²) in [7, 11) is -3.30. The molecule has 1 aromatic heterocycles. The highest BCUT2D eigenvalue weighted by Crippen LogP contribution is 2.36. The molecular formula is C25H20ClF3N8O3S. The first-order valence-electron chi connectivity index (χ1n) is 11.8. The Morgan fingerprint density at radius 1 is 1.10 bits per heavy atom. The Morgan fingerprint density at radius 3 is 2.39 bits per heavy atom. The molecule has 0 saturated carbocycles. The molecule has 0 fully saturated rings. The maximum atomic E-state index is 13.4. The van der Waals surface area contributed by atoms with Gasteiger partial charge in [-0.15, -0.1) is 10.2 Å². The van der Waals surface area contributed by atoms with Crippen LogP contribution in [0.4, 0.5) is 13.2 Å². The van der Waals surface area contributed by atoms with Gasteiger partial charge in [0.05, 0.1) is 22.0 Å². The molecule has 0 bridgehead atoms. The molecule has 3 N–H and O–H groups in total. The number of alkyl halides is 3. The summed E-state index contributed by atoms with van der Waals surface area (Å²) >= 11 is 5.65. The monoisotopic (exact) mass is 604 g/mol. The van der Waals surface area contributed by atoms with Gasteiger partial charge in [0.2, 0.25) is 11.8 Å². The van der Waals surface area contributed by atoms with Crippen LogP contribution in [0, 0.1) is 0 Å². The number of hydrazone groups is 1. The third-order valence-electron chi connectivity index (χ3n) is 6.24. The van der Waals surface area contributed by atoms with Crippen molar-refractivity contribution in [3.05, 3.63) is 94.5 Å². The zero-order valence-electron chi connectivity index (χ0n) is 21.0. The van der Waals surface area contributed by atoms with Crippen molar-refractivity contribution in [2.45, 2.75) is 16.7 Å². The van der Waals surface area contributed by atoms with Gasteiger partial charge in [-0.1, -0.05) is 66.2 Å². The van der Waals surface area contributed by atoms with Crippen LogP contribution in [0.2, 0.25) is 5.02 Å². The highest BCUT2D eigenvalue weighted by Gasteiger charge is 2.45. The van der Waals surface area contributed by atoms with Crippen molar-refractivity contribution >= 4 is 33.3 Å². The predicted octanol–water partition coefficient (Wildman–Crippen LogP) is 3.41. The lowest BCUT2D eigenvalue weighted by atomic mass is 9.85. The molecule has 0 aliphatic carbocycles. The number of rotatable bonds is 5. The van der Waals surface area contributed by atoms with E-state index >= 15 is 0 Å². The standard InChI is InChI=1S/C25H20ClF3N8O3S/c1-30-23(34-41(39,40)18-11-12-20(26)19(13-18)25(27,28)29)37-14-24(38,17-5-3-2-4-6-17)21(33-37)15-7-9-16(10-8-15)22-31-35-36-32-22/h2-13,38H,14H2,1H3,(H,30,34)(H,31,32,35,36). The maximum absolute atomic E-state index is 13.4. The number of nitrogens with zero attached hydrogens (tertiary/aromatic N) is 6. The molecule has 212 valence electrons. The number of benzene rings is 3. The number of β-amino-alcohol motifs (C(OH)–C–C–N with tert-alkyl or cyclic N) is 1. The topological polar surface area (TPSA) is 149 Å². The number of guanidine groups is 1. The summed E-state index contributed by atoms with van der Waals surface area (Å²) < 4.78 is 68.5. The van der Waals surface area contributed by atoms with Gasteiger partial charge in [-0.05, 0) is 29.0 Å². The van der Waals surface area contributed by atoms with Gasteiger partial charge in [-0.2, -0.15) is 23.5 Å². The van der Waals surface area contributed by atoms with E-state index in [1.807, 2.05) is 0 Å². The summed E-state index contributed by atoms with van der Waals surface area (Å²) in [6, 6.07) is 17.6. The van der Waals surface area contributed by atoms with E-state index in [9.17, 15) is 26.7 Å². The zero-order valence-corrected chi connectivity index (χ0v) is 22.6. The third kappa shape index (κ3) is 5.51. The van der Waals surface area contributed by atoms with E-state index in [-0.39, 0.29) is 18.2 Å². The molecule has 3 aromatic carbocycles. The average Bonchev–Trinajstić information content (AvgIpc) is 3.61. The van der Waals surface area contributed by atoms with Gasteiger partial charge in [0, 0.05) is 18.2 Å². The van der Waals surface area contributed by atoms with Crippen molar-refractivity contribution in [3.8, 4) is 11.4 Å². The summed E-state index contributed by atoms with van der Waals surface area (Å²) in [5.74, 6) is 0.0248. The lowest BCUT2D eigenvalue weighted by Gasteiger charge is -2.26. The second-order valence-corrected chi connectivity index (χ2v) is 10.9. The van der Waals surface area contributed by atoms with E-state index < -0.39 is 37.3 Å². The minimum Gasteiger partial charge on any atom is -0.377 e. The van der Waals surface area contributed by atoms with Crippen LogP contribution in [0.15, 0.2) is 87.8 Å². The van der Waals surface area contributed by atoms with Crippen molar-refractivity contribution in [2.75, 3.05) is 13.6 Å². The van der Waals surface area contributed by atoms with Crippen molar-refractivity contribution in [2.24, 2.45) is 10.1 Å². The Bertz CT molecular complexity index is 1730. The molecule has 4 aromatic rings. The second-order valence-electron chi connectivity index (χ2n) is 8.84. The summed E-state index contributed by atoms with van der Waals surface area (Å²) in [5.41, 5.74) is -1.24. The number of nitrogens with one attached hydrogen (secondary N) is 2. The Labute approximate surface area is 236 Å². The van der Waals surface area contributed by atoms with Gasteiger partial charge < -0.3 is 5.11 Å². The van der Waals surface area contributed by atoms with Crippen LogP contribution in [-0.2, 0) is 21.8 Å². The van der Waals surface area contributed by atoms with Crippen molar-refractivity contribution in [3.63, 3.8) is 0 Å². The Balaban J connectivity index is 1.51. The first-order chi connectivity index (χ1) is 19.4. The number of aliphatic hydroxyl groups is 1. The van der Waals surface area contributed by atoms with E-state index in [1.54, 1.807) is 54.6 Å². The van der Waals surface area contributed by atoms with Crippen LogP contribution in [0.3, 0.4) is 0 Å². The Hall–Kier alpha value is -4.34. The normalized spacial score (nSPS) is 18.0. The lowest BCUT2D eigenvalue weighted by Crippen LogP contribution is -2.45. The molecule has 0 radical (unpaired) electrons. The highest BCUT2D eigenvalue weighted by molar-refractivity contribution is 7.90. The molecule has 16 heteroatoms. The van der Waals surface area contributed by atoms with Crippen LogP contribution >= 0.6 is 11.6 Å². The molecule has 0 amide bonds. The maximum Gasteiger partial charge on any atom is 0.417 e. The average molecular weight is 605 g/mol. The third-order valence-corrected chi connectivity index (χ3v) is 7.90. The minimum atomic E-state index is -4.87. The molecule has 1 unspecified atom stereocenters. The van der Waals surface area contributed by atoms with Gasteiger partial charge in [-0.25, -0.2) is 18.1 Å². The predicted molar refractivity (Wildman–Crippen MR) is 143 cm³/mol. The molecule has 2 heterocycles. The molecule has 41 heavy (non-hydrogen) atoms. The first kappa shape index (κ1) is 28.2. The molecule has 1 aliphatic rings.